The number of halogens is 1. The third-order valence-electron chi connectivity index (χ3n) is 3.09. The molecule has 100 valence electrons. The number of hydrogen-bond donors (Lipinski definition) is 1. The van der Waals surface area contributed by atoms with Crippen molar-refractivity contribution in [2.75, 3.05) is 29.5 Å². The van der Waals surface area contributed by atoms with Crippen molar-refractivity contribution in [2.24, 2.45) is 0 Å². The molecule has 1 aliphatic rings. The van der Waals surface area contributed by atoms with Gasteiger partial charge in [0.05, 0.1) is 28.8 Å². The Hall–Kier alpha value is -0.780. The van der Waals surface area contributed by atoms with Crippen LogP contribution in [0.1, 0.15) is 12.0 Å². The fourth-order valence-corrected chi connectivity index (χ4v) is 3.68. The fraction of sp³-hybridized carbons (Fsp3) is 0.500. The smallest absolute Gasteiger partial charge is 0.152 e. The first-order valence-electron chi connectivity index (χ1n) is 5.86. The minimum absolute atomic E-state index is 0.0472. The molecule has 0 atom stereocenters. The van der Waals surface area contributed by atoms with Gasteiger partial charge in [0.25, 0.3) is 0 Å². The second-order valence-electron chi connectivity index (χ2n) is 4.44. The van der Waals surface area contributed by atoms with Gasteiger partial charge in [-0.1, -0.05) is 17.7 Å². The summed E-state index contributed by atoms with van der Waals surface area (Å²) in [7, 11) is -2.91. The molecule has 0 spiro atoms. The van der Waals surface area contributed by atoms with Crippen LogP contribution in [-0.2, 0) is 16.4 Å². The van der Waals surface area contributed by atoms with E-state index in [1.807, 2.05) is 11.0 Å². The molecule has 0 aromatic heterocycles. The number of hydrogen-bond acceptors (Lipinski definition) is 4. The molecular weight excluding hydrogens is 274 g/mol. The normalized spacial score (nSPS) is 19.6. The molecule has 1 aromatic rings. The molecule has 0 unspecified atom stereocenters. The van der Waals surface area contributed by atoms with Gasteiger partial charge in [-0.2, -0.15) is 0 Å². The number of nitrogens with zero attached hydrogens (tertiary/aromatic N) is 1. The highest BCUT2D eigenvalue weighted by molar-refractivity contribution is 7.91. The molecule has 1 fully saturated rings. The van der Waals surface area contributed by atoms with Crippen molar-refractivity contribution < 1.29 is 13.5 Å². The minimum Gasteiger partial charge on any atom is -0.392 e. The van der Waals surface area contributed by atoms with Crippen LogP contribution in [0.5, 0.6) is 0 Å². The van der Waals surface area contributed by atoms with Crippen molar-refractivity contribution in [1.82, 2.24) is 0 Å². The van der Waals surface area contributed by atoms with E-state index in [4.69, 9.17) is 16.7 Å². The molecule has 0 aliphatic carbocycles. The summed E-state index contributed by atoms with van der Waals surface area (Å²) in [6.07, 6.45) is 0.625. The highest BCUT2D eigenvalue weighted by Crippen LogP contribution is 2.28. The van der Waals surface area contributed by atoms with Crippen molar-refractivity contribution in [3.63, 3.8) is 0 Å². The van der Waals surface area contributed by atoms with Crippen LogP contribution in [0.2, 0.25) is 5.02 Å². The Bertz CT molecular complexity index is 530. The largest absolute Gasteiger partial charge is 0.392 e. The zero-order valence-corrected chi connectivity index (χ0v) is 11.5. The van der Waals surface area contributed by atoms with E-state index in [0.29, 0.717) is 24.5 Å². The average Bonchev–Trinajstić information content (AvgIpc) is 2.50. The molecule has 0 amide bonds. The van der Waals surface area contributed by atoms with Crippen molar-refractivity contribution in [2.45, 2.75) is 13.0 Å². The topological polar surface area (TPSA) is 57.6 Å². The number of rotatable bonds is 2. The van der Waals surface area contributed by atoms with Crippen LogP contribution < -0.4 is 4.90 Å². The molecule has 0 bridgehead atoms. The molecule has 1 heterocycles. The maximum Gasteiger partial charge on any atom is 0.152 e. The second-order valence-corrected chi connectivity index (χ2v) is 7.15. The summed E-state index contributed by atoms with van der Waals surface area (Å²) < 4.78 is 23.1. The summed E-state index contributed by atoms with van der Waals surface area (Å²) >= 11 is 6.16. The summed E-state index contributed by atoms with van der Waals surface area (Å²) in [4.78, 5) is 1.99. The Kier molecular flexibility index (Phi) is 4.14. The number of anilines is 1. The summed E-state index contributed by atoms with van der Waals surface area (Å²) in [5, 5.41) is 9.58. The molecule has 18 heavy (non-hydrogen) atoms. The molecule has 2 rings (SSSR count). The Labute approximate surface area is 112 Å². The first-order valence-corrected chi connectivity index (χ1v) is 8.06. The maximum atomic E-state index is 11.5. The van der Waals surface area contributed by atoms with Gasteiger partial charge in [0.2, 0.25) is 0 Å². The summed E-state index contributed by atoms with van der Waals surface area (Å²) in [5.41, 5.74) is 1.59. The zero-order chi connectivity index (χ0) is 13.2. The Morgan fingerprint density at radius 1 is 1.28 bits per heavy atom. The number of sulfone groups is 1. The maximum absolute atomic E-state index is 11.5. The van der Waals surface area contributed by atoms with Crippen LogP contribution >= 0.6 is 11.6 Å². The van der Waals surface area contributed by atoms with E-state index in [1.54, 1.807) is 12.1 Å². The third-order valence-corrected chi connectivity index (χ3v) is 5.11. The van der Waals surface area contributed by atoms with Gasteiger partial charge in [0.1, 0.15) is 0 Å². The van der Waals surface area contributed by atoms with E-state index in [-0.39, 0.29) is 18.1 Å². The van der Waals surface area contributed by atoms with E-state index in [1.165, 1.54) is 0 Å². The van der Waals surface area contributed by atoms with Crippen LogP contribution in [0.4, 0.5) is 5.69 Å². The van der Waals surface area contributed by atoms with E-state index in [9.17, 15) is 8.42 Å². The van der Waals surface area contributed by atoms with Crippen LogP contribution in [0.25, 0.3) is 0 Å². The predicted molar refractivity (Wildman–Crippen MR) is 72.9 cm³/mol. The van der Waals surface area contributed by atoms with Crippen molar-refractivity contribution in [3.8, 4) is 0 Å². The minimum atomic E-state index is -2.91. The Balaban J connectivity index is 2.21. The lowest BCUT2D eigenvalue weighted by atomic mass is 10.2. The van der Waals surface area contributed by atoms with Gasteiger partial charge in [-0.3, -0.25) is 0 Å². The average molecular weight is 290 g/mol. The second kappa shape index (κ2) is 5.47. The Morgan fingerprint density at radius 3 is 2.72 bits per heavy atom. The van der Waals surface area contributed by atoms with Gasteiger partial charge >= 0.3 is 0 Å². The van der Waals surface area contributed by atoms with Crippen molar-refractivity contribution in [1.29, 1.82) is 0 Å². The summed E-state index contributed by atoms with van der Waals surface area (Å²) in [6, 6.07) is 5.36. The van der Waals surface area contributed by atoms with Gasteiger partial charge in [0, 0.05) is 13.1 Å². The van der Waals surface area contributed by atoms with Gasteiger partial charge in [-0.05, 0) is 24.1 Å². The molecule has 4 nitrogen and oxygen atoms in total. The van der Waals surface area contributed by atoms with Gasteiger partial charge in [-0.25, -0.2) is 8.42 Å². The molecule has 1 aromatic carbocycles. The zero-order valence-electron chi connectivity index (χ0n) is 9.97. The van der Waals surface area contributed by atoms with Gasteiger partial charge in [0.15, 0.2) is 9.84 Å². The van der Waals surface area contributed by atoms with Gasteiger partial charge in [-0.15, -0.1) is 0 Å². The van der Waals surface area contributed by atoms with Crippen LogP contribution in [0, 0.1) is 0 Å². The monoisotopic (exact) mass is 289 g/mol. The van der Waals surface area contributed by atoms with Crippen molar-refractivity contribution >= 4 is 27.1 Å². The third kappa shape index (κ3) is 3.16. The molecule has 0 saturated carbocycles. The van der Waals surface area contributed by atoms with Crippen LogP contribution in [0.15, 0.2) is 18.2 Å². The molecule has 1 saturated heterocycles. The Morgan fingerprint density at radius 2 is 2.06 bits per heavy atom. The lowest BCUT2D eigenvalue weighted by Gasteiger charge is -2.23. The molecule has 1 aliphatic heterocycles. The predicted octanol–water partition coefficient (Wildman–Crippen LogP) is 1.46. The summed E-state index contributed by atoms with van der Waals surface area (Å²) in [6.45, 7) is 1.12. The first-order chi connectivity index (χ1) is 8.52. The fourth-order valence-electron chi connectivity index (χ4n) is 2.08. The van der Waals surface area contributed by atoms with E-state index in [2.05, 4.69) is 0 Å². The highest BCUT2D eigenvalue weighted by atomic mass is 35.5. The molecule has 1 N–H and O–H groups in total. The number of aliphatic hydroxyl groups is 1. The first kappa shape index (κ1) is 13.6. The lowest BCUT2D eigenvalue weighted by molar-refractivity contribution is 0.282. The molecule has 0 radical (unpaired) electrons. The summed E-state index contributed by atoms with van der Waals surface area (Å²) in [5.74, 6) is 0.418. The molecular formula is C12H16ClNO3S. The highest BCUT2D eigenvalue weighted by Gasteiger charge is 2.20. The quantitative estimate of drug-likeness (QED) is 0.895. The lowest BCUT2D eigenvalue weighted by Crippen LogP contribution is -2.27. The van der Waals surface area contributed by atoms with Gasteiger partial charge < -0.3 is 10.0 Å². The van der Waals surface area contributed by atoms with Crippen LogP contribution in [-0.4, -0.2) is 38.1 Å². The van der Waals surface area contributed by atoms with E-state index in [0.717, 1.165) is 11.3 Å². The number of aliphatic hydroxyl groups excluding tert-OH is 1. The number of benzene rings is 1. The van der Waals surface area contributed by atoms with Crippen molar-refractivity contribution in [3.05, 3.63) is 28.8 Å². The van der Waals surface area contributed by atoms with Crippen LogP contribution in [0.3, 0.4) is 0 Å². The van der Waals surface area contributed by atoms with E-state index >= 15 is 0 Å². The molecule has 6 heteroatoms. The standard InChI is InChI=1S/C12H16ClNO3S/c13-11-8-10(9-15)2-3-12(11)14-4-1-6-18(16,17)7-5-14/h2-3,8,15H,1,4-7,9H2. The SMILES string of the molecule is O=S1(=O)CCCN(c2ccc(CO)cc2Cl)CC1. The van der Waals surface area contributed by atoms with E-state index < -0.39 is 9.84 Å².